The molecule has 0 unspecified atom stereocenters. The molecule has 0 aliphatic carbocycles. The third-order valence-electron chi connectivity index (χ3n) is 3.66. The molecule has 3 aromatic rings. The van der Waals surface area contributed by atoms with Crippen LogP contribution in [0.2, 0.25) is 0 Å². The quantitative estimate of drug-likeness (QED) is 0.685. The number of benzene rings is 1. The fraction of sp³-hybridized carbons (Fsp3) is 0.250. The molecule has 0 bridgehead atoms. The highest BCUT2D eigenvalue weighted by Gasteiger charge is 2.12. The zero-order chi connectivity index (χ0) is 14.1. The molecular weight excluding hydrogens is 270 g/mol. The standard InChI is InChI=1S/C16H16ClN3/c1-11-6-7-18-9-13(11)10-20-14-5-3-4-12(2)16(14)19-15(20)8-17/h3-7,9H,8,10H2,1-2H3. The van der Waals surface area contributed by atoms with E-state index in [1.54, 1.807) is 0 Å². The van der Waals surface area contributed by atoms with Gasteiger partial charge in [-0.3, -0.25) is 4.98 Å². The fourth-order valence-electron chi connectivity index (χ4n) is 2.45. The summed E-state index contributed by atoms with van der Waals surface area (Å²) in [5.74, 6) is 1.31. The Labute approximate surface area is 123 Å². The zero-order valence-corrected chi connectivity index (χ0v) is 12.4. The minimum absolute atomic E-state index is 0.410. The topological polar surface area (TPSA) is 30.7 Å². The molecule has 2 heterocycles. The Bertz CT molecular complexity index is 762. The number of alkyl halides is 1. The smallest absolute Gasteiger partial charge is 0.125 e. The summed E-state index contributed by atoms with van der Waals surface area (Å²) in [6, 6.07) is 8.26. The van der Waals surface area contributed by atoms with Crippen molar-refractivity contribution < 1.29 is 0 Å². The summed E-state index contributed by atoms with van der Waals surface area (Å²) in [6.07, 6.45) is 3.73. The second-order valence-corrected chi connectivity index (χ2v) is 5.26. The van der Waals surface area contributed by atoms with E-state index in [1.165, 1.54) is 16.7 Å². The number of nitrogens with zero attached hydrogens (tertiary/aromatic N) is 3. The van der Waals surface area contributed by atoms with Crippen molar-refractivity contribution in [1.29, 1.82) is 0 Å². The van der Waals surface area contributed by atoms with Crippen molar-refractivity contribution in [3.05, 3.63) is 59.2 Å². The summed E-state index contributed by atoms with van der Waals surface area (Å²) >= 11 is 6.06. The largest absolute Gasteiger partial charge is 0.322 e. The molecule has 0 aliphatic rings. The zero-order valence-electron chi connectivity index (χ0n) is 11.6. The molecule has 102 valence electrons. The number of hydrogen-bond donors (Lipinski definition) is 0. The maximum atomic E-state index is 6.06. The number of pyridine rings is 1. The van der Waals surface area contributed by atoms with Gasteiger partial charge in [-0.15, -0.1) is 11.6 Å². The Morgan fingerprint density at radius 2 is 2.00 bits per heavy atom. The highest BCUT2D eigenvalue weighted by atomic mass is 35.5. The molecule has 3 rings (SSSR count). The van der Waals surface area contributed by atoms with Crippen LogP contribution in [0.25, 0.3) is 11.0 Å². The van der Waals surface area contributed by atoms with Gasteiger partial charge in [0.15, 0.2) is 0 Å². The van der Waals surface area contributed by atoms with Crippen LogP contribution >= 0.6 is 11.6 Å². The Balaban J connectivity index is 2.15. The molecule has 0 saturated heterocycles. The summed E-state index contributed by atoms with van der Waals surface area (Å²) in [5, 5.41) is 0. The summed E-state index contributed by atoms with van der Waals surface area (Å²) < 4.78 is 2.18. The maximum absolute atomic E-state index is 6.06. The lowest BCUT2D eigenvalue weighted by molar-refractivity contribution is 0.771. The van der Waals surface area contributed by atoms with Crippen LogP contribution in [-0.2, 0) is 12.4 Å². The van der Waals surface area contributed by atoms with E-state index in [0.29, 0.717) is 5.88 Å². The number of aryl methyl sites for hydroxylation is 2. The number of rotatable bonds is 3. The van der Waals surface area contributed by atoms with Crippen molar-refractivity contribution in [2.24, 2.45) is 0 Å². The van der Waals surface area contributed by atoms with Crippen LogP contribution in [0.3, 0.4) is 0 Å². The fourth-order valence-corrected chi connectivity index (χ4v) is 2.65. The molecule has 0 saturated carbocycles. The predicted octanol–water partition coefficient (Wildman–Crippen LogP) is 3.84. The lowest BCUT2D eigenvalue weighted by Crippen LogP contribution is -2.05. The summed E-state index contributed by atoms with van der Waals surface area (Å²) in [6.45, 7) is 4.93. The Morgan fingerprint density at radius 1 is 1.15 bits per heavy atom. The van der Waals surface area contributed by atoms with Gasteiger partial charge in [-0.2, -0.15) is 0 Å². The molecule has 3 nitrogen and oxygen atoms in total. The molecular formula is C16H16ClN3. The van der Waals surface area contributed by atoms with Gasteiger partial charge in [-0.05, 0) is 42.7 Å². The van der Waals surface area contributed by atoms with Gasteiger partial charge in [0, 0.05) is 12.4 Å². The van der Waals surface area contributed by atoms with E-state index in [4.69, 9.17) is 11.6 Å². The molecule has 0 spiro atoms. The van der Waals surface area contributed by atoms with Crippen molar-refractivity contribution in [1.82, 2.24) is 14.5 Å². The van der Waals surface area contributed by atoms with Gasteiger partial charge in [0.05, 0.1) is 23.5 Å². The average molecular weight is 286 g/mol. The first kappa shape index (κ1) is 13.1. The van der Waals surface area contributed by atoms with Crippen molar-refractivity contribution in [2.75, 3.05) is 0 Å². The maximum Gasteiger partial charge on any atom is 0.125 e. The molecule has 2 aromatic heterocycles. The molecule has 0 N–H and O–H groups in total. The number of fused-ring (bicyclic) bond motifs is 1. The van der Waals surface area contributed by atoms with Crippen LogP contribution in [0.15, 0.2) is 36.7 Å². The van der Waals surface area contributed by atoms with Gasteiger partial charge in [0.2, 0.25) is 0 Å². The Hall–Kier alpha value is -1.87. The molecule has 1 aromatic carbocycles. The summed E-state index contributed by atoms with van der Waals surface area (Å²) in [5.41, 5.74) is 5.76. The first-order valence-electron chi connectivity index (χ1n) is 6.61. The van der Waals surface area contributed by atoms with Crippen LogP contribution < -0.4 is 0 Å². The van der Waals surface area contributed by atoms with Crippen molar-refractivity contribution in [2.45, 2.75) is 26.3 Å². The highest BCUT2D eigenvalue weighted by Crippen LogP contribution is 2.22. The lowest BCUT2D eigenvalue weighted by atomic mass is 10.1. The van der Waals surface area contributed by atoms with E-state index in [0.717, 1.165) is 23.4 Å². The highest BCUT2D eigenvalue weighted by molar-refractivity contribution is 6.16. The van der Waals surface area contributed by atoms with E-state index in [-0.39, 0.29) is 0 Å². The molecule has 20 heavy (non-hydrogen) atoms. The van der Waals surface area contributed by atoms with E-state index >= 15 is 0 Å². The third kappa shape index (κ3) is 2.18. The molecule has 4 heteroatoms. The molecule has 0 aliphatic heterocycles. The van der Waals surface area contributed by atoms with Gasteiger partial charge in [0.1, 0.15) is 5.82 Å². The van der Waals surface area contributed by atoms with Crippen molar-refractivity contribution in [3.8, 4) is 0 Å². The van der Waals surface area contributed by atoms with Crippen LogP contribution in [-0.4, -0.2) is 14.5 Å². The Morgan fingerprint density at radius 3 is 2.75 bits per heavy atom. The van der Waals surface area contributed by atoms with Crippen molar-refractivity contribution in [3.63, 3.8) is 0 Å². The number of hydrogen-bond acceptors (Lipinski definition) is 2. The molecule has 0 radical (unpaired) electrons. The van der Waals surface area contributed by atoms with Gasteiger partial charge >= 0.3 is 0 Å². The van der Waals surface area contributed by atoms with Crippen LogP contribution in [0.5, 0.6) is 0 Å². The van der Waals surface area contributed by atoms with Gasteiger partial charge in [-0.25, -0.2) is 4.98 Å². The van der Waals surface area contributed by atoms with Crippen LogP contribution in [0, 0.1) is 13.8 Å². The number of imidazole rings is 1. The second kappa shape index (κ2) is 5.25. The van der Waals surface area contributed by atoms with Crippen LogP contribution in [0.1, 0.15) is 22.5 Å². The second-order valence-electron chi connectivity index (χ2n) is 4.99. The van der Waals surface area contributed by atoms with Crippen molar-refractivity contribution >= 4 is 22.6 Å². The predicted molar refractivity (Wildman–Crippen MR) is 82.1 cm³/mol. The first-order valence-corrected chi connectivity index (χ1v) is 7.14. The summed E-state index contributed by atoms with van der Waals surface area (Å²) in [7, 11) is 0. The molecule has 0 fully saturated rings. The third-order valence-corrected chi connectivity index (χ3v) is 3.89. The Kier molecular flexibility index (Phi) is 3.45. The minimum Gasteiger partial charge on any atom is -0.322 e. The summed E-state index contributed by atoms with van der Waals surface area (Å²) in [4.78, 5) is 8.88. The van der Waals surface area contributed by atoms with Gasteiger partial charge in [0.25, 0.3) is 0 Å². The van der Waals surface area contributed by atoms with E-state index in [9.17, 15) is 0 Å². The minimum atomic E-state index is 0.410. The first-order chi connectivity index (χ1) is 9.70. The van der Waals surface area contributed by atoms with Gasteiger partial charge < -0.3 is 4.57 Å². The number of para-hydroxylation sites is 1. The molecule has 0 atom stereocenters. The van der Waals surface area contributed by atoms with E-state index in [2.05, 4.69) is 46.6 Å². The number of aromatic nitrogens is 3. The van der Waals surface area contributed by atoms with E-state index < -0.39 is 0 Å². The number of halogens is 1. The lowest BCUT2D eigenvalue weighted by Gasteiger charge is -2.10. The van der Waals surface area contributed by atoms with Gasteiger partial charge in [-0.1, -0.05) is 12.1 Å². The normalized spacial score (nSPS) is 11.2. The van der Waals surface area contributed by atoms with E-state index in [1.807, 2.05) is 18.5 Å². The monoisotopic (exact) mass is 285 g/mol. The average Bonchev–Trinajstić information content (AvgIpc) is 2.81. The molecule has 0 amide bonds. The van der Waals surface area contributed by atoms with Crippen LogP contribution in [0.4, 0.5) is 0 Å². The SMILES string of the molecule is Cc1ccncc1Cn1c(CCl)nc2c(C)cccc21.